The number of methoxy groups -OCH3 is 1. The number of hydrogen-bond donors (Lipinski definition) is 0. The number of aldehydes is 1. The maximum atomic E-state index is 10.6. The van der Waals surface area contributed by atoms with Gasteiger partial charge >= 0.3 is 0 Å². The van der Waals surface area contributed by atoms with Gasteiger partial charge < -0.3 is 4.74 Å². The summed E-state index contributed by atoms with van der Waals surface area (Å²) < 4.78 is 5.90. The fourth-order valence-corrected chi connectivity index (χ4v) is 1.37. The SMILES string of the molecule is COc1cc(Br)c(C)c(C=O)c1. The fraction of sp³-hybridized carbons (Fsp3) is 0.222. The second kappa shape index (κ2) is 3.72. The summed E-state index contributed by atoms with van der Waals surface area (Å²) in [5.41, 5.74) is 1.59. The number of ether oxygens (including phenoxy) is 1. The molecule has 0 aliphatic carbocycles. The molecule has 0 unspecified atom stereocenters. The molecule has 0 spiro atoms. The van der Waals surface area contributed by atoms with E-state index in [0.717, 1.165) is 16.3 Å². The van der Waals surface area contributed by atoms with E-state index in [0.29, 0.717) is 11.3 Å². The van der Waals surface area contributed by atoms with E-state index in [-0.39, 0.29) is 0 Å². The van der Waals surface area contributed by atoms with E-state index in [1.54, 1.807) is 13.2 Å². The highest BCUT2D eigenvalue weighted by molar-refractivity contribution is 9.10. The van der Waals surface area contributed by atoms with Crippen LogP contribution in [0.25, 0.3) is 0 Å². The van der Waals surface area contributed by atoms with Crippen LogP contribution in [0.3, 0.4) is 0 Å². The molecular weight excluding hydrogens is 220 g/mol. The molecule has 0 amide bonds. The number of carbonyl (C=O) groups excluding carboxylic acids is 1. The summed E-state index contributed by atoms with van der Waals surface area (Å²) in [7, 11) is 1.58. The van der Waals surface area contributed by atoms with Gasteiger partial charge in [0.15, 0.2) is 0 Å². The van der Waals surface area contributed by atoms with Gasteiger partial charge in [-0.3, -0.25) is 4.79 Å². The molecule has 64 valence electrons. The van der Waals surface area contributed by atoms with Crippen molar-refractivity contribution < 1.29 is 9.53 Å². The molecule has 1 aromatic carbocycles. The number of rotatable bonds is 2. The van der Waals surface area contributed by atoms with Crippen molar-refractivity contribution in [3.05, 3.63) is 27.7 Å². The van der Waals surface area contributed by atoms with Gasteiger partial charge in [-0.15, -0.1) is 0 Å². The summed E-state index contributed by atoms with van der Waals surface area (Å²) >= 11 is 3.34. The van der Waals surface area contributed by atoms with Crippen LogP contribution in [0, 0.1) is 6.92 Å². The van der Waals surface area contributed by atoms with Gasteiger partial charge in [0.25, 0.3) is 0 Å². The van der Waals surface area contributed by atoms with Crippen LogP contribution in [-0.2, 0) is 0 Å². The first-order valence-electron chi connectivity index (χ1n) is 3.48. The third-order valence-electron chi connectivity index (χ3n) is 1.72. The van der Waals surface area contributed by atoms with Gasteiger partial charge in [-0.05, 0) is 24.6 Å². The first-order chi connectivity index (χ1) is 5.69. The Kier molecular flexibility index (Phi) is 2.87. The van der Waals surface area contributed by atoms with E-state index >= 15 is 0 Å². The van der Waals surface area contributed by atoms with Gasteiger partial charge in [0, 0.05) is 10.0 Å². The number of halogens is 1. The first-order valence-corrected chi connectivity index (χ1v) is 4.27. The average molecular weight is 229 g/mol. The van der Waals surface area contributed by atoms with Crippen molar-refractivity contribution in [1.82, 2.24) is 0 Å². The summed E-state index contributed by atoms with van der Waals surface area (Å²) in [4.78, 5) is 10.6. The summed E-state index contributed by atoms with van der Waals surface area (Å²) in [5.74, 6) is 0.689. The van der Waals surface area contributed by atoms with Gasteiger partial charge in [0.1, 0.15) is 12.0 Å². The fourth-order valence-electron chi connectivity index (χ4n) is 0.914. The summed E-state index contributed by atoms with van der Waals surface area (Å²) in [5, 5.41) is 0. The Morgan fingerprint density at radius 2 is 2.17 bits per heavy atom. The van der Waals surface area contributed by atoms with Gasteiger partial charge in [-0.25, -0.2) is 0 Å². The van der Waals surface area contributed by atoms with E-state index in [1.807, 2.05) is 13.0 Å². The largest absolute Gasteiger partial charge is 0.497 e. The zero-order valence-corrected chi connectivity index (χ0v) is 8.51. The van der Waals surface area contributed by atoms with Crippen molar-refractivity contribution in [2.75, 3.05) is 7.11 Å². The van der Waals surface area contributed by atoms with Crippen molar-refractivity contribution >= 4 is 22.2 Å². The van der Waals surface area contributed by atoms with E-state index in [4.69, 9.17) is 4.74 Å². The summed E-state index contributed by atoms with van der Waals surface area (Å²) in [6.45, 7) is 1.88. The van der Waals surface area contributed by atoms with Crippen LogP contribution in [0.1, 0.15) is 15.9 Å². The lowest BCUT2D eigenvalue weighted by Crippen LogP contribution is -1.90. The van der Waals surface area contributed by atoms with E-state index < -0.39 is 0 Å². The molecule has 0 aromatic heterocycles. The Labute approximate surface area is 79.7 Å². The van der Waals surface area contributed by atoms with Crippen LogP contribution in [0.15, 0.2) is 16.6 Å². The van der Waals surface area contributed by atoms with Gasteiger partial charge in [0.2, 0.25) is 0 Å². The maximum Gasteiger partial charge on any atom is 0.150 e. The van der Waals surface area contributed by atoms with E-state index in [9.17, 15) is 4.79 Å². The Balaban J connectivity index is 3.28. The molecule has 0 heterocycles. The van der Waals surface area contributed by atoms with Crippen LogP contribution in [-0.4, -0.2) is 13.4 Å². The minimum absolute atomic E-state index is 0.654. The van der Waals surface area contributed by atoms with Crippen molar-refractivity contribution in [2.24, 2.45) is 0 Å². The monoisotopic (exact) mass is 228 g/mol. The number of carbonyl (C=O) groups is 1. The van der Waals surface area contributed by atoms with Crippen LogP contribution in [0.2, 0.25) is 0 Å². The molecule has 0 saturated heterocycles. The highest BCUT2D eigenvalue weighted by Gasteiger charge is 2.03. The molecule has 0 N–H and O–H groups in total. The van der Waals surface area contributed by atoms with Gasteiger partial charge in [-0.2, -0.15) is 0 Å². The van der Waals surface area contributed by atoms with Crippen molar-refractivity contribution in [1.29, 1.82) is 0 Å². The van der Waals surface area contributed by atoms with Gasteiger partial charge in [-0.1, -0.05) is 15.9 Å². The third-order valence-corrected chi connectivity index (χ3v) is 2.54. The zero-order chi connectivity index (χ0) is 9.14. The van der Waals surface area contributed by atoms with Crippen molar-refractivity contribution in [2.45, 2.75) is 6.92 Å². The molecule has 12 heavy (non-hydrogen) atoms. The molecule has 0 atom stereocenters. The topological polar surface area (TPSA) is 26.3 Å². The highest BCUT2D eigenvalue weighted by Crippen LogP contribution is 2.25. The van der Waals surface area contributed by atoms with Crippen molar-refractivity contribution in [3.8, 4) is 5.75 Å². The predicted molar refractivity (Wildman–Crippen MR) is 50.8 cm³/mol. The molecule has 0 aliphatic rings. The molecule has 0 aliphatic heterocycles. The lowest BCUT2D eigenvalue weighted by Gasteiger charge is -2.05. The molecule has 0 saturated carbocycles. The minimum atomic E-state index is 0.654. The molecule has 0 bridgehead atoms. The molecule has 1 rings (SSSR count). The Hall–Kier alpha value is -0.830. The van der Waals surface area contributed by atoms with Crippen LogP contribution in [0.5, 0.6) is 5.75 Å². The van der Waals surface area contributed by atoms with Crippen LogP contribution in [0.4, 0.5) is 0 Å². The molecular formula is C9H9BrO2. The quantitative estimate of drug-likeness (QED) is 0.728. The second-order valence-corrected chi connectivity index (χ2v) is 3.30. The predicted octanol–water partition coefficient (Wildman–Crippen LogP) is 2.58. The third kappa shape index (κ3) is 1.67. The molecule has 1 aromatic rings. The van der Waals surface area contributed by atoms with Gasteiger partial charge in [0.05, 0.1) is 7.11 Å². The summed E-state index contributed by atoms with van der Waals surface area (Å²) in [6.07, 6.45) is 0.822. The lowest BCUT2D eigenvalue weighted by molar-refractivity contribution is 0.112. The lowest BCUT2D eigenvalue weighted by atomic mass is 10.1. The second-order valence-electron chi connectivity index (χ2n) is 2.44. The Morgan fingerprint density at radius 1 is 1.50 bits per heavy atom. The number of hydrogen-bond acceptors (Lipinski definition) is 2. The first kappa shape index (κ1) is 9.26. The Bertz CT molecular complexity index is 308. The average Bonchev–Trinajstić information content (AvgIpc) is 2.09. The normalized spacial score (nSPS) is 9.58. The molecule has 0 radical (unpaired) electrons. The summed E-state index contributed by atoms with van der Waals surface area (Å²) in [6, 6.07) is 3.55. The van der Waals surface area contributed by atoms with Crippen LogP contribution < -0.4 is 4.74 Å². The molecule has 3 heteroatoms. The molecule has 2 nitrogen and oxygen atoms in total. The minimum Gasteiger partial charge on any atom is -0.497 e. The maximum absolute atomic E-state index is 10.6. The Morgan fingerprint density at radius 3 is 2.67 bits per heavy atom. The smallest absolute Gasteiger partial charge is 0.150 e. The highest BCUT2D eigenvalue weighted by atomic mass is 79.9. The molecule has 0 fully saturated rings. The van der Waals surface area contributed by atoms with E-state index in [2.05, 4.69) is 15.9 Å². The van der Waals surface area contributed by atoms with E-state index in [1.165, 1.54) is 0 Å². The zero-order valence-electron chi connectivity index (χ0n) is 6.93. The van der Waals surface area contributed by atoms with Crippen LogP contribution >= 0.6 is 15.9 Å². The number of benzene rings is 1. The standard InChI is InChI=1S/C9H9BrO2/c1-6-7(5-11)3-8(12-2)4-9(6)10/h3-5H,1-2H3. The van der Waals surface area contributed by atoms with Crippen molar-refractivity contribution in [3.63, 3.8) is 0 Å².